The van der Waals surface area contributed by atoms with Gasteiger partial charge in [-0.2, -0.15) is 0 Å². The lowest BCUT2D eigenvalue weighted by Crippen LogP contribution is -2.13. The van der Waals surface area contributed by atoms with E-state index in [0.29, 0.717) is 28.4 Å². The molecule has 0 aliphatic carbocycles. The van der Waals surface area contributed by atoms with Crippen molar-refractivity contribution in [1.82, 2.24) is 4.98 Å². The van der Waals surface area contributed by atoms with Crippen LogP contribution in [0.4, 0.5) is 5.69 Å². The van der Waals surface area contributed by atoms with Crippen LogP contribution in [-0.4, -0.2) is 16.8 Å². The van der Waals surface area contributed by atoms with Gasteiger partial charge >= 0.3 is 0 Å². The van der Waals surface area contributed by atoms with Crippen LogP contribution in [0.15, 0.2) is 48.5 Å². The number of anilines is 1. The van der Waals surface area contributed by atoms with Crippen LogP contribution in [0, 0.1) is 6.92 Å². The molecule has 1 aromatic heterocycles. The molecule has 0 saturated carbocycles. The smallest absolute Gasteiger partial charge is 0.267 e. The Balaban J connectivity index is 1.63. The standard InChI is InChI=1S/C21H21N3O3S/c1-3-14-4-10-17(11-5-14)27-12-18-23-13(2)19(28-18)21(26)24-16-8-6-15(7-9-16)20(22)25/h4-11H,3,12H2,1-2H3,(H2,22,25)(H,24,26). The third-order valence-electron chi connectivity index (χ3n) is 4.17. The molecule has 0 aliphatic heterocycles. The van der Waals surface area contributed by atoms with Crippen LogP contribution in [0.25, 0.3) is 0 Å². The van der Waals surface area contributed by atoms with Gasteiger partial charge in [0, 0.05) is 11.3 Å². The summed E-state index contributed by atoms with van der Waals surface area (Å²) in [5, 5.41) is 3.53. The Morgan fingerprint density at radius 2 is 1.79 bits per heavy atom. The van der Waals surface area contributed by atoms with E-state index in [1.54, 1.807) is 31.2 Å². The molecule has 0 bridgehead atoms. The lowest BCUT2D eigenvalue weighted by molar-refractivity contribution is 0.0998. The molecule has 0 spiro atoms. The van der Waals surface area contributed by atoms with Gasteiger partial charge in [0.25, 0.3) is 5.91 Å². The first-order valence-corrected chi connectivity index (χ1v) is 9.67. The van der Waals surface area contributed by atoms with Gasteiger partial charge in [-0.1, -0.05) is 19.1 Å². The molecule has 0 atom stereocenters. The molecule has 144 valence electrons. The Kier molecular flexibility index (Phi) is 6.06. The summed E-state index contributed by atoms with van der Waals surface area (Å²) in [5.41, 5.74) is 8.09. The van der Waals surface area contributed by atoms with E-state index in [1.165, 1.54) is 16.9 Å². The van der Waals surface area contributed by atoms with Gasteiger partial charge in [-0.15, -0.1) is 11.3 Å². The van der Waals surface area contributed by atoms with Gasteiger partial charge < -0.3 is 15.8 Å². The number of hydrogen-bond acceptors (Lipinski definition) is 5. The van der Waals surface area contributed by atoms with E-state index in [9.17, 15) is 9.59 Å². The highest BCUT2D eigenvalue weighted by Gasteiger charge is 2.16. The van der Waals surface area contributed by atoms with E-state index in [4.69, 9.17) is 10.5 Å². The fraction of sp³-hybridized carbons (Fsp3) is 0.190. The molecule has 7 heteroatoms. The predicted octanol–water partition coefficient (Wildman–Crippen LogP) is 3.94. The first-order valence-electron chi connectivity index (χ1n) is 8.85. The molecular formula is C21H21N3O3S. The largest absolute Gasteiger partial charge is 0.486 e. The Morgan fingerprint density at radius 1 is 1.11 bits per heavy atom. The Bertz CT molecular complexity index is 979. The molecule has 0 saturated heterocycles. The van der Waals surface area contributed by atoms with E-state index < -0.39 is 5.91 Å². The van der Waals surface area contributed by atoms with Crippen molar-refractivity contribution in [3.05, 3.63) is 75.2 Å². The number of nitrogens with two attached hydrogens (primary N) is 1. The molecule has 2 amide bonds. The molecule has 3 N–H and O–H groups in total. The van der Waals surface area contributed by atoms with Crippen LogP contribution >= 0.6 is 11.3 Å². The van der Waals surface area contributed by atoms with E-state index in [-0.39, 0.29) is 5.91 Å². The summed E-state index contributed by atoms with van der Waals surface area (Å²) >= 11 is 1.30. The zero-order chi connectivity index (χ0) is 20.1. The van der Waals surface area contributed by atoms with Crippen molar-refractivity contribution in [2.45, 2.75) is 26.9 Å². The molecule has 6 nitrogen and oxygen atoms in total. The summed E-state index contributed by atoms with van der Waals surface area (Å²) in [6.07, 6.45) is 0.982. The van der Waals surface area contributed by atoms with Gasteiger partial charge in [0.2, 0.25) is 5.91 Å². The topological polar surface area (TPSA) is 94.3 Å². The van der Waals surface area contributed by atoms with Crippen LogP contribution in [0.3, 0.4) is 0 Å². The number of thiazole rings is 1. The monoisotopic (exact) mass is 395 g/mol. The van der Waals surface area contributed by atoms with Crippen molar-refractivity contribution in [3.8, 4) is 5.75 Å². The maximum Gasteiger partial charge on any atom is 0.267 e. The minimum Gasteiger partial charge on any atom is -0.486 e. The fourth-order valence-corrected chi connectivity index (χ4v) is 3.47. The Morgan fingerprint density at radius 3 is 2.39 bits per heavy atom. The zero-order valence-electron chi connectivity index (χ0n) is 15.7. The number of aryl methyl sites for hydroxylation is 2. The normalized spacial score (nSPS) is 10.5. The second kappa shape index (κ2) is 8.67. The molecule has 3 aromatic rings. The SMILES string of the molecule is CCc1ccc(OCc2nc(C)c(C(=O)Nc3ccc(C(N)=O)cc3)s2)cc1. The third kappa shape index (κ3) is 4.75. The van der Waals surface area contributed by atoms with Crippen molar-refractivity contribution in [2.75, 3.05) is 5.32 Å². The van der Waals surface area contributed by atoms with Gasteiger partial charge in [0.1, 0.15) is 22.2 Å². The molecular weight excluding hydrogens is 374 g/mol. The van der Waals surface area contributed by atoms with Crippen molar-refractivity contribution in [1.29, 1.82) is 0 Å². The van der Waals surface area contributed by atoms with Crippen molar-refractivity contribution in [3.63, 3.8) is 0 Å². The van der Waals surface area contributed by atoms with E-state index in [1.807, 2.05) is 24.3 Å². The summed E-state index contributed by atoms with van der Waals surface area (Å²) in [6.45, 7) is 4.20. The van der Waals surface area contributed by atoms with Crippen molar-refractivity contribution < 1.29 is 14.3 Å². The van der Waals surface area contributed by atoms with Crippen LogP contribution in [-0.2, 0) is 13.0 Å². The fourth-order valence-electron chi connectivity index (χ4n) is 2.60. The number of primary amides is 1. The highest BCUT2D eigenvalue weighted by Crippen LogP contribution is 2.22. The Hall–Kier alpha value is -3.19. The second-order valence-electron chi connectivity index (χ2n) is 6.20. The summed E-state index contributed by atoms with van der Waals surface area (Å²) < 4.78 is 5.77. The lowest BCUT2D eigenvalue weighted by atomic mass is 10.2. The van der Waals surface area contributed by atoms with Crippen molar-refractivity contribution >= 4 is 28.8 Å². The summed E-state index contributed by atoms with van der Waals surface area (Å²) in [7, 11) is 0. The third-order valence-corrected chi connectivity index (χ3v) is 5.30. The second-order valence-corrected chi connectivity index (χ2v) is 7.29. The molecule has 0 fully saturated rings. The number of carbonyl (C=O) groups excluding carboxylic acids is 2. The quantitative estimate of drug-likeness (QED) is 0.633. The van der Waals surface area contributed by atoms with Crippen LogP contribution < -0.4 is 15.8 Å². The molecule has 1 heterocycles. The van der Waals surface area contributed by atoms with Crippen LogP contribution in [0.2, 0.25) is 0 Å². The van der Waals surface area contributed by atoms with E-state index in [0.717, 1.165) is 17.2 Å². The first kappa shape index (κ1) is 19.6. The van der Waals surface area contributed by atoms with Crippen LogP contribution in [0.1, 0.15) is 43.2 Å². The minimum atomic E-state index is -0.509. The first-order chi connectivity index (χ1) is 13.5. The highest BCUT2D eigenvalue weighted by atomic mass is 32.1. The highest BCUT2D eigenvalue weighted by molar-refractivity contribution is 7.13. The number of aromatic nitrogens is 1. The predicted molar refractivity (Wildman–Crippen MR) is 110 cm³/mol. The van der Waals surface area contributed by atoms with Gasteiger partial charge in [-0.3, -0.25) is 9.59 Å². The summed E-state index contributed by atoms with van der Waals surface area (Å²) in [4.78, 5) is 28.6. The minimum absolute atomic E-state index is 0.250. The number of hydrogen-bond donors (Lipinski definition) is 2. The Labute approximate surface area is 167 Å². The lowest BCUT2D eigenvalue weighted by Gasteiger charge is -2.05. The maximum atomic E-state index is 12.5. The molecule has 0 unspecified atom stereocenters. The molecule has 28 heavy (non-hydrogen) atoms. The number of rotatable bonds is 7. The van der Waals surface area contributed by atoms with E-state index >= 15 is 0 Å². The zero-order valence-corrected chi connectivity index (χ0v) is 16.5. The number of nitrogens with zero attached hydrogens (tertiary/aromatic N) is 1. The van der Waals surface area contributed by atoms with Gasteiger partial charge in [-0.25, -0.2) is 4.98 Å². The summed E-state index contributed by atoms with van der Waals surface area (Å²) in [6, 6.07) is 14.3. The van der Waals surface area contributed by atoms with Gasteiger partial charge in [0.05, 0.1) is 5.69 Å². The number of ether oxygens (including phenoxy) is 1. The molecule has 3 rings (SSSR count). The maximum absolute atomic E-state index is 12.5. The number of carbonyl (C=O) groups is 2. The molecule has 0 radical (unpaired) electrons. The number of amides is 2. The van der Waals surface area contributed by atoms with Gasteiger partial charge in [-0.05, 0) is 55.3 Å². The average Bonchev–Trinajstić information content (AvgIpc) is 3.08. The number of nitrogens with one attached hydrogen (secondary N) is 1. The molecule has 2 aromatic carbocycles. The summed E-state index contributed by atoms with van der Waals surface area (Å²) in [5.74, 6) is 0.0103. The van der Waals surface area contributed by atoms with Crippen LogP contribution in [0.5, 0.6) is 5.75 Å². The molecule has 0 aliphatic rings. The average molecular weight is 395 g/mol. The van der Waals surface area contributed by atoms with Gasteiger partial charge in [0.15, 0.2) is 0 Å². The van der Waals surface area contributed by atoms with Crippen molar-refractivity contribution in [2.24, 2.45) is 5.73 Å². The number of benzene rings is 2. The van der Waals surface area contributed by atoms with E-state index in [2.05, 4.69) is 17.2 Å².